The molecule has 0 unspecified atom stereocenters. The molecule has 1 aliphatic rings. The molecule has 0 radical (unpaired) electrons. The molecule has 0 heterocycles. The van der Waals surface area contributed by atoms with Crippen LogP contribution >= 0.6 is 24.0 Å². The van der Waals surface area contributed by atoms with Gasteiger partial charge in [0.05, 0.1) is 20.3 Å². The second-order valence-corrected chi connectivity index (χ2v) is 7.01. The summed E-state index contributed by atoms with van der Waals surface area (Å²) in [6.45, 7) is 9.44. The normalized spacial score (nSPS) is 14.0. The zero-order valence-electron chi connectivity index (χ0n) is 17.8. The Hall–Kier alpha value is -1.06. The van der Waals surface area contributed by atoms with Gasteiger partial charge in [-0.2, -0.15) is 0 Å². The molecule has 1 saturated carbocycles. The first kappa shape index (κ1) is 25.0. The number of rotatable bonds is 12. The predicted molar refractivity (Wildman–Crippen MR) is 127 cm³/mol. The van der Waals surface area contributed by atoms with E-state index in [1.807, 2.05) is 6.07 Å². The van der Waals surface area contributed by atoms with Crippen molar-refractivity contribution < 1.29 is 9.47 Å². The fourth-order valence-electron chi connectivity index (χ4n) is 3.18. The summed E-state index contributed by atoms with van der Waals surface area (Å²) < 4.78 is 10.7. The third-order valence-corrected chi connectivity index (χ3v) is 4.77. The molecule has 0 aliphatic heterocycles. The van der Waals surface area contributed by atoms with Crippen molar-refractivity contribution in [2.75, 3.05) is 53.6 Å². The van der Waals surface area contributed by atoms with Gasteiger partial charge in [-0.25, -0.2) is 0 Å². The smallest absolute Gasteiger partial charge is 0.191 e. The average Bonchev–Trinajstić information content (AvgIpc) is 3.50. The van der Waals surface area contributed by atoms with Crippen molar-refractivity contribution in [3.05, 3.63) is 29.3 Å². The Bertz CT molecular complexity index is 594. The lowest BCUT2D eigenvalue weighted by Gasteiger charge is -2.20. The van der Waals surface area contributed by atoms with Crippen LogP contribution in [0.3, 0.4) is 0 Å². The number of benzene rings is 1. The van der Waals surface area contributed by atoms with Crippen LogP contribution in [0.4, 0.5) is 0 Å². The predicted octanol–water partition coefficient (Wildman–Crippen LogP) is 2.83. The van der Waals surface area contributed by atoms with E-state index in [1.54, 1.807) is 14.2 Å². The fraction of sp³-hybridized carbons (Fsp3) is 0.667. The summed E-state index contributed by atoms with van der Waals surface area (Å²) in [6.07, 6.45) is 3.52. The summed E-state index contributed by atoms with van der Waals surface area (Å²) in [5, 5.41) is 6.78. The molecule has 0 saturated heterocycles. The molecular formula is C21H37IN4O2. The van der Waals surface area contributed by atoms with Crippen LogP contribution in [-0.2, 0) is 11.2 Å². The molecule has 2 N–H and O–H groups in total. The van der Waals surface area contributed by atoms with Crippen LogP contribution in [0, 0.1) is 6.92 Å². The molecule has 1 aromatic rings. The fourth-order valence-corrected chi connectivity index (χ4v) is 3.18. The maximum absolute atomic E-state index is 5.47. The van der Waals surface area contributed by atoms with Gasteiger partial charge in [-0.15, -0.1) is 24.0 Å². The quantitative estimate of drug-likeness (QED) is 0.261. The highest BCUT2D eigenvalue weighted by molar-refractivity contribution is 14.0. The third-order valence-electron chi connectivity index (χ3n) is 4.77. The Morgan fingerprint density at radius 1 is 1.21 bits per heavy atom. The molecule has 1 aliphatic carbocycles. The number of nitrogens with zero attached hydrogens (tertiary/aromatic N) is 2. The van der Waals surface area contributed by atoms with E-state index < -0.39 is 0 Å². The summed E-state index contributed by atoms with van der Waals surface area (Å²) in [7, 11) is 3.49. The molecule has 2 rings (SSSR count). The monoisotopic (exact) mass is 504 g/mol. The van der Waals surface area contributed by atoms with E-state index in [0.717, 1.165) is 63.5 Å². The number of aliphatic imine (C=N–C) groups is 1. The number of halogens is 1. The van der Waals surface area contributed by atoms with E-state index in [4.69, 9.17) is 14.5 Å². The van der Waals surface area contributed by atoms with Crippen molar-refractivity contribution in [3.63, 3.8) is 0 Å². The van der Waals surface area contributed by atoms with Crippen LogP contribution in [0.5, 0.6) is 5.75 Å². The molecule has 6 nitrogen and oxygen atoms in total. The van der Waals surface area contributed by atoms with E-state index in [1.165, 1.54) is 24.0 Å². The Balaban J connectivity index is 0.00000392. The van der Waals surface area contributed by atoms with Crippen molar-refractivity contribution in [2.45, 2.75) is 39.2 Å². The van der Waals surface area contributed by atoms with Crippen molar-refractivity contribution >= 4 is 29.9 Å². The summed E-state index contributed by atoms with van der Waals surface area (Å²) in [6, 6.07) is 7.04. The lowest BCUT2D eigenvalue weighted by atomic mass is 10.1. The maximum atomic E-state index is 5.47. The van der Waals surface area contributed by atoms with E-state index in [0.29, 0.717) is 0 Å². The number of methoxy groups -OCH3 is 2. The van der Waals surface area contributed by atoms with Crippen LogP contribution in [0.15, 0.2) is 23.2 Å². The van der Waals surface area contributed by atoms with Crippen LogP contribution in [0.25, 0.3) is 0 Å². The van der Waals surface area contributed by atoms with Gasteiger partial charge in [0.25, 0.3) is 0 Å². The van der Waals surface area contributed by atoms with Crippen molar-refractivity contribution in [1.29, 1.82) is 0 Å². The van der Waals surface area contributed by atoms with Crippen molar-refractivity contribution in [1.82, 2.24) is 15.5 Å². The minimum atomic E-state index is 0. The first-order chi connectivity index (χ1) is 13.2. The first-order valence-corrected chi connectivity index (χ1v) is 10.1. The molecule has 1 fully saturated rings. The molecule has 1 aromatic carbocycles. The van der Waals surface area contributed by atoms with Gasteiger partial charge in [-0.1, -0.05) is 17.7 Å². The second kappa shape index (κ2) is 14.0. The van der Waals surface area contributed by atoms with E-state index >= 15 is 0 Å². The summed E-state index contributed by atoms with van der Waals surface area (Å²) >= 11 is 0. The van der Waals surface area contributed by atoms with Crippen LogP contribution in [0.1, 0.15) is 30.9 Å². The van der Waals surface area contributed by atoms with Gasteiger partial charge in [-0.3, -0.25) is 9.89 Å². The number of hydrogen-bond donors (Lipinski definition) is 2. The Kier molecular flexibility index (Phi) is 12.5. The highest BCUT2D eigenvalue weighted by Crippen LogP contribution is 2.26. The molecule has 0 atom stereocenters. The number of nitrogens with one attached hydrogen (secondary N) is 2. The standard InChI is InChI=1S/C21H36N4O2.HI/c1-5-22-21(24-12-13-25(14-15-26-3)19-7-8-19)23-11-10-18-16-17(2)6-9-20(18)27-4;/h6,9,16,19H,5,7-8,10-15H2,1-4H3,(H2,22,23,24);1H. The van der Waals surface area contributed by atoms with Crippen LogP contribution < -0.4 is 15.4 Å². The molecule has 0 spiro atoms. The summed E-state index contributed by atoms with van der Waals surface area (Å²) in [5.74, 6) is 1.83. The first-order valence-electron chi connectivity index (χ1n) is 10.1. The zero-order valence-corrected chi connectivity index (χ0v) is 20.1. The Morgan fingerprint density at radius 3 is 2.64 bits per heavy atom. The maximum Gasteiger partial charge on any atom is 0.191 e. The number of aryl methyl sites for hydroxylation is 1. The van der Waals surface area contributed by atoms with E-state index in [9.17, 15) is 0 Å². The summed E-state index contributed by atoms with van der Waals surface area (Å²) in [4.78, 5) is 7.24. The van der Waals surface area contributed by atoms with Gasteiger partial charge in [-0.05, 0) is 44.7 Å². The molecule has 0 bridgehead atoms. The number of hydrogen-bond acceptors (Lipinski definition) is 4. The molecule has 0 aromatic heterocycles. The highest BCUT2D eigenvalue weighted by atomic mass is 127. The lowest BCUT2D eigenvalue weighted by Crippen LogP contribution is -2.39. The third kappa shape index (κ3) is 8.96. The summed E-state index contributed by atoms with van der Waals surface area (Å²) in [5.41, 5.74) is 2.47. The molecule has 7 heteroatoms. The largest absolute Gasteiger partial charge is 0.496 e. The number of ether oxygens (including phenoxy) is 2. The van der Waals surface area contributed by atoms with Gasteiger partial charge in [0.2, 0.25) is 0 Å². The second-order valence-electron chi connectivity index (χ2n) is 7.01. The van der Waals surface area contributed by atoms with Crippen LogP contribution in [-0.4, -0.2) is 70.5 Å². The van der Waals surface area contributed by atoms with E-state index in [-0.39, 0.29) is 24.0 Å². The van der Waals surface area contributed by atoms with Gasteiger partial charge in [0, 0.05) is 39.3 Å². The molecule has 28 heavy (non-hydrogen) atoms. The van der Waals surface area contributed by atoms with E-state index in [2.05, 4.69) is 41.5 Å². The lowest BCUT2D eigenvalue weighted by molar-refractivity contribution is 0.145. The van der Waals surface area contributed by atoms with Gasteiger partial charge < -0.3 is 20.1 Å². The highest BCUT2D eigenvalue weighted by Gasteiger charge is 2.28. The minimum Gasteiger partial charge on any atom is -0.496 e. The topological polar surface area (TPSA) is 58.1 Å². The van der Waals surface area contributed by atoms with Gasteiger partial charge >= 0.3 is 0 Å². The minimum absolute atomic E-state index is 0. The molecular weight excluding hydrogens is 467 g/mol. The Labute approximate surface area is 187 Å². The SMILES string of the molecule is CCNC(=NCCN(CCOC)C1CC1)NCCc1cc(C)ccc1OC.I. The van der Waals surface area contributed by atoms with Gasteiger partial charge in [0.1, 0.15) is 5.75 Å². The average molecular weight is 504 g/mol. The Morgan fingerprint density at radius 2 is 2.00 bits per heavy atom. The zero-order chi connectivity index (χ0) is 19.5. The number of guanidine groups is 1. The van der Waals surface area contributed by atoms with Gasteiger partial charge in [0.15, 0.2) is 5.96 Å². The molecule has 0 amide bonds. The van der Waals surface area contributed by atoms with Crippen LogP contribution in [0.2, 0.25) is 0 Å². The van der Waals surface area contributed by atoms with Crippen molar-refractivity contribution in [3.8, 4) is 5.75 Å². The van der Waals surface area contributed by atoms with Crippen molar-refractivity contribution in [2.24, 2.45) is 4.99 Å². The molecule has 160 valence electrons.